The second kappa shape index (κ2) is 9.07. The second-order valence-electron chi connectivity index (χ2n) is 6.24. The second-order valence-corrected chi connectivity index (χ2v) is 7.59. The van der Waals surface area contributed by atoms with Crippen molar-refractivity contribution in [1.82, 2.24) is 4.90 Å². The van der Waals surface area contributed by atoms with Crippen LogP contribution in [0.5, 0.6) is 0 Å². The molecule has 0 radical (unpaired) electrons. The molecule has 0 saturated carbocycles. The summed E-state index contributed by atoms with van der Waals surface area (Å²) in [6.45, 7) is 0.365. The van der Waals surface area contributed by atoms with Crippen molar-refractivity contribution in [3.8, 4) is 0 Å². The fourth-order valence-corrected chi connectivity index (χ4v) is 3.88. The van der Waals surface area contributed by atoms with E-state index in [1.165, 1.54) is 28.4 Å². The van der Waals surface area contributed by atoms with Gasteiger partial charge in [-0.2, -0.15) is 0 Å². The number of halogens is 2. The van der Waals surface area contributed by atoms with Crippen molar-refractivity contribution in [2.24, 2.45) is 0 Å². The van der Waals surface area contributed by atoms with Gasteiger partial charge in [0.25, 0.3) is 5.91 Å². The van der Waals surface area contributed by atoms with Gasteiger partial charge in [-0.15, -0.1) is 11.3 Å². The minimum atomic E-state index is -1.01. The predicted octanol–water partition coefficient (Wildman–Crippen LogP) is 4.84. The molecule has 0 saturated heterocycles. The Labute approximate surface area is 175 Å². The summed E-state index contributed by atoms with van der Waals surface area (Å²) in [6, 6.07) is 11.3. The Morgan fingerprint density at radius 1 is 1.21 bits per heavy atom. The SMILES string of the molecule is COC(=O)/C(O)=C/C(=O)N(Cc1ccc(F)cc1)Cc1csc2ccc(Cl)cc12. The largest absolute Gasteiger partial charge is 0.502 e. The van der Waals surface area contributed by atoms with Gasteiger partial charge < -0.3 is 14.7 Å². The Balaban J connectivity index is 1.92. The van der Waals surface area contributed by atoms with E-state index in [-0.39, 0.29) is 18.9 Å². The summed E-state index contributed by atoms with van der Waals surface area (Å²) in [5.41, 5.74) is 1.57. The van der Waals surface area contributed by atoms with Crippen LogP contribution in [0.15, 0.2) is 59.7 Å². The van der Waals surface area contributed by atoms with E-state index >= 15 is 0 Å². The summed E-state index contributed by atoms with van der Waals surface area (Å²) in [5, 5.41) is 13.2. The van der Waals surface area contributed by atoms with Gasteiger partial charge in [-0.1, -0.05) is 23.7 Å². The fraction of sp³-hybridized carbons (Fsp3) is 0.143. The van der Waals surface area contributed by atoms with Crippen molar-refractivity contribution in [1.29, 1.82) is 0 Å². The summed E-state index contributed by atoms with van der Waals surface area (Å²) in [6.07, 6.45) is 0.816. The number of thiophene rings is 1. The summed E-state index contributed by atoms with van der Waals surface area (Å²) in [7, 11) is 1.11. The van der Waals surface area contributed by atoms with E-state index in [0.29, 0.717) is 10.6 Å². The average molecular weight is 434 g/mol. The number of hydrogen-bond acceptors (Lipinski definition) is 5. The van der Waals surface area contributed by atoms with Crippen LogP contribution in [0.1, 0.15) is 11.1 Å². The normalized spacial score (nSPS) is 11.5. The maximum atomic E-state index is 13.2. The van der Waals surface area contributed by atoms with Gasteiger partial charge in [0.1, 0.15) is 5.82 Å². The molecular formula is C21H17ClFNO4S. The molecule has 5 nitrogen and oxygen atoms in total. The molecule has 8 heteroatoms. The zero-order valence-corrected chi connectivity index (χ0v) is 17.0. The first-order valence-electron chi connectivity index (χ1n) is 8.55. The van der Waals surface area contributed by atoms with Gasteiger partial charge in [0.2, 0.25) is 5.76 Å². The number of carbonyl (C=O) groups is 2. The molecule has 150 valence electrons. The molecule has 0 fully saturated rings. The molecule has 29 heavy (non-hydrogen) atoms. The molecule has 1 amide bonds. The number of rotatable bonds is 6. The Morgan fingerprint density at radius 2 is 1.93 bits per heavy atom. The lowest BCUT2D eigenvalue weighted by Crippen LogP contribution is -2.29. The van der Waals surface area contributed by atoms with Crippen LogP contribution in [0.3, 0.4) is 0 Å². The number of nitrogens with zero attached hydrogens (tertiary/aromatic N) is 1. The number of aliphatic hydroxyl groups excluding tert-OH is 1. The number of hydrogen-bond donors (Lipinski definition) is 1. The van der Waals surface area contributed by atoms with E-state index in [1.54, 1.807) is 18.2 Å². The summed E-state index contributed by atoms with van der Waals surface area (Å²) >= 11 is 7.63. The maximum Gasteiger partial charge on any atom is 0.373 e. The molecule has 3 rings (SSSR count). The van der Waals surface area contributed by atoms with Gasteiger partial charge in [0, 0.05) is 22.8 Å². The van der Waals surface area contributed by atoms with E-state index in [0.717, 1.165) is 28.8 Å². The Bertz CT molecular complexity index is 1080. The molecule has 0 bridgehead atoms. The van der Waals surface area contributed by atoms with Crippen molar-refractivity contribution >= 4 is 44.9 Å². The highest BCUT2D eigenvalue weighted by atomic mass is 35.5. The van der Waals surface area contributed by atoms with E-state index in [2.05, 4.69) is 4.74 Å². The molecule has 0 spiro atoms. The lowest BCUT2D eigenvalue weighted by Gasteiger charge is -2.21. The van der Waals surface area contributed by atoms with E-state index < -0.39 is 17.6 Å². The zero-order chi connectivity index (χ0) is 21.0. The number of fused-ring (bicyclic) bond motifs is 1. The van der Waals surface area contributed by atoms with E-state index in [4.69, 9.17) is 11.6 Å². The number of esters is 1. The Kier molecular flexibility index (Phi) is 6.51. The van der Waals surface area contributed by atoms with Crippen LogP contribution in [0.2, 0.25) is 5.02 Å². The minimum Gasteiger partial charge on any atom is -0.502 e. The van der Waals surface area contributed by atoms with Crippen LogP contribution in [-0.4, -0.2) is 29.0 Å². The predicted molar refractivity (Wildman–Crippen MR) is 110 cm³/mol. The quantitative estimate of drug-likeness (QED) is 0.343. The summed E-state index contributed by atoms with van der Waals surface area (Å²) < 4.78 is 18.7. The van der Waals surface area contributed by atoms with Gasteiger partial charge in [-0.05, 0) is 52.2 Å². The minimum absolute atomic E-state index is 0.155. The number of ether oxygens (including phenoxy) is 1. The highest BCUT2D eigenvalue weighted by molar-refractivity contribution is 7.17. The Hall–Kier alpha value is -2.90. The van der Waals surface area contributed by atoms with Crippen molar-refractivity contribution in [2.45, 2.75) is 13.1 Å². The molecule has 1 N–H and O–H groups in total. The van der Waals surface area contributed by atoms with E-state index in [9.17, 15) is 19.1 Å². The summed E-state index contributed by atoms with van der Waals surface area (Å²) in [5.74, 6) is -2.76. The molecular weight excluding hydrogens is 417 g/mol. The molecule has 0 aliphatic carbocycles. The third-order valence-corrected chi connectivity index (χ3v) is 5.48. The van der Waals surface area contributed by atoms with Crippen LogP contribution in [0.4, 0.5) is 4.39 Å². The molecule has 3 aromatic rings. The maximum absolute atomic E-state index is 13.2. The first-order valence-corrected chi connectivity index (χ1v) is 9.81. The fourth-order valence-electron chi connectivity index (χ4n) is 2.78. The molecule has 0 aliphatic rings. The van der Waals surface area contributed by atoms with Crippen LogP contribution in [0, 0.1) is 5.82 Å². The van der Waals surface area contributed by atoms with Crippen molar-refractivity contribution in [3.63, 3.8) is 0 Å². The molecule has 0 aliphatic heterocycles. The number of methoxy groups -OCH3 is 1. The lowest BCUT2D eigenvalue weighted by molar-refractivity contribution is -0.139. The smallest absolute Gasteiger partial charge is 0.373 e. The van der Waals surface area contributed by atoms with Gasteiger partial charge in [-0.3, -0.25) is 4.79 Å². The third kappa shape index (κ3) is 5.13. The highest BCUT2D eigenvalue weighted by Gasteiger charge is 2.18. The molecule has 1 aromatic heterocycles. The van der Waals surface area contributed by atoms with Crippen LogP contribution in [0.25, 0.3) is 10.1 Å². The average Bonchev–Trinajstić information content (AvgIpc) is 3.10. The number of carbonyl (C=O) groups excluding carboxylic acids is 2. The van der Waals surface area contributed by atoms with Gasteiger partial charge in [-0.25, -0.2) is 9.18 Å². The van der Waals surface area contributed by atoms with Crippen molar-refractivity contribution < 1.29 is 23.8 Å². The molecule has 1 heterocycles. The molecule has 0 atom stereocenters. The van der Waals surface area contributed by atoms with Crippen LogP contribution < -0.4 is 0 Å². The molecule has 0 unspecified atom stereocenters. The van der Waals surface area contributed by atoms with Gasteiger partial charge in [0.15, 0.2) is 0 Å². The van der Waals surface area contributed by atoms with Crippen LogP contribution >= 0.6 is 22.9 Å². The number of amides is 1. The molecule has 2 aromatic carbocycles. The van der Waals surface area contributed by atoms with Crippen molar-refractivity contribution in [2.75, 3.05) is 7.11 Å². The zero-order valence-electron chi connectivity index (χ0n) is 15.4. The first kappa shape index (κ1) is 20.8. The number of benzene rings is 2. The van der Waals surface area contributed by atoms with Gasteiger partial charge >= 0.3 is 5.97 Å². The first-order chi connectivity index (χ1) is 13.9. The standard InChI is InChI=1S/C21H17ClFNO4S/c1-28-21(27)18(25)9-20(26)24(10-13-2-5-16(23)6-3-13)11-14-12-29-19-7-4-15(22)8-17(14)19/h2-9,12,25H,10-11H2,1H3/b18-9-. The van der Waals surface area contributed by atoms with Crippen molar-refractivity contribution in [3.05, 3.63) is 81.6 Å². The monoisotopic (exact) mass is 433 g/mol. The summed E-state index contributed by atoms with van der Waals surface area (Å²) in [4.78, 5) is 25.6. The number of aliphatic hydroxyl groups is 1. The topological polar surface area (TPSA) is 66.8 Å². The Morgan fingerprint density at radius 3 is 2.62 bits per heavy atom. The van der Waals surface area contributed by atoms with Gasteiger partial charge in [0.05, 0.1) is 13.2 Å². The third-order valence-electron chi connectivity index (χ3n) is 4.23. The van der Waals surface area contributed by atoms with E-state index in [1.807, 2.05) is 17.5 Å². The van der Waals surface area contributed by atoms with Crippen LogP contribution in [-0.2, 0) is 27.4 Å². The highest BCUT2D eigenvalue weighted by Crippen LogP contribution is 2.30. The lowest BCUT2D eigenvalue weighted by atomic mass is 10.1.